The van der Waals surface area contributed by atoms with Crippen molar-refractivity contribution >= 4 is 28.4 Å². The number of allylic oxidation sites excluding steroid dienone is 1. The lowest BCUT2D eigenvalue weighted by molar-refractivity contribution is -0.493. The summed E-state index contributed by atoms with van der Waals surface area (Å²) in [7, 11) is 0. The number of nitro benzene ring substituents is 1. The molecule has 0 bridgehead atoms. The second-order valence-corrected chi connectivity index (χ2v) is 7.82. The van der Waals surface area contributed by atoms with Gasteiger partial charge in [0.1, 0.15) is 5.71 Å². The number of fused-ring (bicyclic) bond motifs is 2. The van der Waals surface area contributed by atoms with Gasteiger partial charge in [0.15, 0.2) is 5.78 Å². The van der Waals surface area contributed by atoms with Gasteiger partial charge in [0.2, 0.25) is 0 Å². The Morgan fingerprint density at radius 3 is 2.21 bits per heavy atom. The normalized spacial score (nSPS) is 18.3. The number of benzene rings is 2. The van der Waals surface area contributed by atoms with Crippen LogP contribution in [0, 0.1) is 30.3 Å². The highest BCUT2D eigenvalue weighted by atomic mass is 16.6. The maximum Gasteiger partial charge on any atom is 0.281 e. The maximum atomic E-state index is 13.3. The molecule has 1 unspecified atom stereocenters. The van der Waals surface area contributed by atoms with E-state index in [-0.39, 0.29) is 39.6 Å². The van der Waals surface area contributed by atoms with E-state index in [1.807, 2.05) is 13.8 Å². The molecule has 0 aliphatic heterocycles. The predicted octanol–water partition coefficient (Wildman–Crippen LogP) is 4.26. The van der Waals surface area contributed by atoms with Crippen LogP contribution in [-0.2, 0) is 0 Å². The van der Waals surface area contributed by atoms with Gasteiger partial charge in [0.25, 0.3) is 17.4 Å². The summed E-state index contributed by atoms with van der Waals surface area (Å²) in [4.78, 5) is 50.4. The highest BCUT2D eigenvalue weighted by Gasteiger charge is 2.48. The fourth-order valence-electron chi connectivity index (χ4n) is 4.05. The Morgan fingerprint density at radius 2 is 1.61 bits per heavy atom. The SMILES string of the molecule is CC(C)c1ccccc1N=C1C2=C(C([N+](=O)[O-])=CC1[N+](=O)[O-])c1ccc([N+](=O)[O-])cc1C2=O. The summed E-state index contributed by atoms with van der Waals surface area (Å²) in [6, 6.07) is 8.58. The van der Waals surface area contributed by atoms with Crippen LogP contribution in [0.2, 0.25) is 0 Å². The second kappa shape index (κ2) is 7.86. The number of nitrogens with zero attached hydrogens (tertiary/aromatic N) is 4. The molecular formula is C22H16N4O7. The van der Waals surface area contributed by atoms with Gasteiger partial charge >= 0.3 is 0 Å². The van der Waals surface area contributed by atoms with E-state index < -0.39 is 32.3 Å². The number of para-hydroxylation sites is 1. The first-order chi connectivity index (χ1) is 15.6. The van der Waals surface area contributed by atoms with Crippen molar-refractivity contribution in [1.29, 1.82) is 0 Å². The molecule has 0 saturated heterocycles. The topological polar surface area (TPSA) is 159 Å². The minimum absolute atomic E-state index is 0.0145. The molecule has 0 aromatic heterocycles. The lowest BCUT2D eigenvalue weighted by Gasteiger charge is -2.17. The van der Waals surface area contributed by atoms with Crippen molar-refractivity contribution in [3.05, 3.63) is 107 Å². The number of ketones is 1. The van der Waals surface area contributed by atoms with Crippen LogP contribution in [0.3, 0.4) is 0 Å². The summed E-state index contributed by atoms with van der Waals surface area (Å²) in [6.07, 6.45) is 0.861. The number of aliphatic imine (C=N–C) groups is 1. The summed E-state index contributed by atoms with van der Waals surface area (Å²) in [6.45, 7) is 3.83. The largest absolute Gasteiger partial charge is 0.288 e. The molecule has 0 saturated carbocycles. The van der Waals surface area contributed by atoms with Crippen molar-refractivity contribution in [3.63, 3.8) is 0 Å². The molecule has 0 fully saturated rings. The first-order valence-electron chi connectivity index (χ1n) is 9.87. The Balaban J connectivity index is 2.02. The molecule has 166 valence electrons. The fraction of sp³-hybridized carbons (Fsp3) is 0.182. The minimum Gasteiger partial charge on any atom is -0.288 e. The first-order valence-corrected chi connectivity index (χ1v) is 9.87. The van der Waals surface area contributed by atoms with E-state index in [9.17, 15) is 35.1 Å². The van der Waals surface area contributed by atoms with Gasteiger partial charge in [-0.25, -0.2) is 4.99 Å². The summed E-state index contributed by atoms with van der Waals surface area (Å²) < 4.78 is 0. The number of nitro groups is 3. The zero-order chi connectivity index (χ0) is 24.0. The number of carbonyl (C=O) groups is 1. The van der Waals surface area contributed by atoms with Crippen LogP contribution < -0.4 is 0 Å². The number of rotatable bonds is 5. The summed E-state index contributed by atoms with van der Waals surface area (Å²) in [5, 5.41) is 34.9. The van der Waals surface area contributed by atoms with Crippen molar-refractivity contribution in [2.75, 3.05) is 0 Å². The van der Waals surface area contributed by atoms with Gasteiger partial charge in [-0.3, -0.25) is 35.1 Å². The molecule has 11 heteroatoms. The zero-order valence-electron chi connectivity index (χ0n) is 17.4. The predicted molar refractivity (Wildman–Crippen MR) is 118 cm³/mol. The molecule has 33 heavy (non-hydrogen) atoms. The van der Waals surface area contributed by atoms with Crippen LogP contribution >= 0.6 is 0 Å². The van der Waals surface area contributed by atoms with Crippen molar-refractivity contribution in [2.24, 2.45) is 4.99 Å². The first kappa shape index (κ1) is 21.7. The number of hydrogen-bond donors (Lipinski definition) is 0. The Hall–Kier alpha value is -4.54. The molecule has 11 nitrogen and oxygen atoms in total. The average Bonchev–Trinajstić information content (AvgIpc) is 3.06. The van der Waals surface area contributed by atoms with Crippen molar-refractivity contribution in [1.82, 2.24) is 0 Å². The Kier molecular flexibility index (Phi) is 5.16. The molecule has 1 atom stereocenters. The molecule has 2 aromatic carbocycles. The quantitative estimate of drug-likeness (QED) is 0.488. The number of carbonyl (C=O) groups excluding carboxylic acids is 1. The average molecular weight is 448 g/mol. The molecule has 4 rings (SSSR count). The van der Waals surface area contributed by atoms with Crippen LogP contribution in [0.25, 0.3) is 5.57 Å². The molecule has 2 aliphatic rings. The van der Waals surface area contributed by atoms with Crippen LogP contribution in [0.15, 0.2) is 64.8 Å². The van der Waals surface area contributed by atoms with Gasteiger partial charge in [-0.05, 0) is 23.6 Å². The second-order valence-electron chi connectivity index (χ2n) is 7.82. The van der Waals surface area contributed by atoms with Gasteiger partial charge in [0, 0.05) is 28.2 Å². The fourth-order valence-corrected chi connectivity index (χ4v) is 4.05. The highest BCUT2D eigenvalue weighted by molar-refractivity contribution is 6.39. The van der Waals surface area contributed by atoms with E-state index >= 15 is 0 Å². The standard InChI is InChI=1S/C22H16N4O7/c1-11(2)13-5-3-4-6-16(13)23-21-18(26(32)33)10-17(25(30)31)19-14-8-7-12(24(28)29)9-15(14)22(27)20(19)21/h3-11,18H,1-2H3. The van der Waals surface area contributed by atoms with Crippen LogP contribution in [0.5, 0.6) is 0 Å². The lowest BCUT2D eigenvalue weighted by atomic mass is 9.89. The summed E-state index contributed by atoms with van der Waals surface area (Å²) in [5.74, 6) is -0.760. The molecular weight excluding hydrogens is 432 g/mol. The van der Waals surface area contributed by atoms with Crippen molar-refractivity contribution in [2.45, 2.75) is 25.8 Å². The minimum atomic E-state index is -1.74. The van der Waals surface area contributed by atoms with Gasteiger partial charge < -0.3 is 0 Å². The third-order valence-electron chi connectivity index (χ3n) is 5.54. The van der Waals surface area contributed by atoms with Gasteiger partial charge in [-0.2, -0.15) is 0 Å². The highest BCUT2D eigenvalue weighted by Crippen LogP contribution is 2.44. The Morgan fingerprint density at radius 1 is 0.909 bits per heavy atom. The monoisotopic (exact) mass is 448 g/mol. The number of Topliss-reactive ketones (excluding diaryl/α,β-unsaturated/α-hetero) is 1. The van der Waals surface area contributed by atoms with E-state index in [0.29, 0.717) is 5.69 Å². The number of non-ortho nitro benzene ring substituents is 1. The molecule has 2 aromatic rings. The van der Waals surface area contributed by atoms with Crippen molar-refractivity contribution < 1.29 is 19.6 Å². The van der Waals surface area contributed by atoms with Crippen LogP contribution in [0.1, 0.15) is 41.3 Å². The Labute approximate surface area is 186 Å². The van der Waals surface area contributed by atoms with Crippen molar-refractivity contribution in [3.8, 4) is 0 Å². The van der Waals surface area contributed by atoms with E-state index in [4.69, 9.17) is 0 Å². The molecule has 0 radical (unpaired) electrons. The molecule has 2 aliphatic carbocycles. The van der Waals surface area contributed by atoms with Crippen LogP contribution in [0.4, 0.5) is 11.4 Å². The van der Waals surface area contributed by atoms with E-state index in [1.165, 1.54) is 6.07 Å². The zero-order valence-corrected chi connectivity index (χ0v) is 17.4. The number of hydrogen-bond acceptors (Lipinski definition) is 8. The smallest absolute Gasteiger partial charge is 0.281 e. The third-order valence-corrected chi connectivity index (χ3v) is 5.54. The molecule has 0 N–H and O–H groups in total. The van der Waals surface area contributed by atoms with Gasteiger partial charge in [0.05, 0.1) is 32.8 Å². The van der Waals surface area contributed by atoms with E-state index in [1.54, 1.807) is 24.3 Å². The summed E-state index contributed by atoms with van der Waals surface area (Å²) >= 11 is 0. The van der Waals surface area contributed by atoms with E-state index in [2.05, 4.69) is 4.99 Å². The van der Waals surface area contributed by atoms with Gasteiger partial charge in [-0.15, -0.1) is 0 Å². The molecule has 0 spiro atoms. The lowest BCUT2D eigenvalue weighted by Crippen LogP contribution is -2.34. The van der Waals surface area contributed by atoms with E-state index in [0.717, 1.165) is 23.8 Å². The summed E-state index contributed by atoms with van der Waals surface area (Å²) in [5.41, 5.74) is -0.463. The molecule has 0 heterocycles. The maximum absolute atomic E-state index is 13.3. The molecule has 0 amide bonds. The Bertz CT molecular complexity index is 1350. The van der Waals surface area contributed by atoms with Crippen LogP contribution in [-0.4, -0.2) is 32.3 Å². The third kappa shape index (κ3) is 3.49. The van der Waals surface area contributed by atoms with Gasteiger partial charge in [-0.1, -0.05) is 32.0 Å².